The van der Waals surface area contributed by atoms with Gasteiger partial charge in [-0.1, -0.05) is 42.5 Å². The van der Waals surface area contributed by atoms with Crippen LogP contribution in [0.3, 0.4) is 0 Å². The second kappa shape index (κ2) is 6.53. The van der Waals surface area contributed by atoms with Gasteiger partial charge in [-0.15, -0.1) is 6.42 Å². The third-order valence-corrected chi connectivity index (χ3v) is 3.05. The number of hydrogen-bond donors (Lipinski definition) is 2. The summed E-state index contributed by atoms with van der Waals surface area (Å²) < 4.78 is 0. The van der Waals surface area contributed by atoms with E-state index in [1.54, 1.807) is 0 Å². The molecule has 96 valence electrons. The fourth-order valence-electron chi connectivity index (χ4n) is 1.44. The number of benzene rings is 1. The molecule has 0 aliphatic rings. The first kappa shape index (κ1) is 14.7. The van der Waals surface area contributed by atoms with Crippen LogP contribution in [0, 0.1) is 12.3 Å². The summed E-state index contributed by atoms with van der Waals surface area (Å²) in [6, 6.07) is 2.65. The maximum atomic E-state index is 11.9. The van der Waals surface area contributed by atoms with Crippen LogP contribution >= 0.6 is 23.2 Å². The van der Waals surface area contributed by atoms with Crippen molar-refractivity contribution in [2.75, 3.05) is 5.73 Å². The van der Waals surface area contributed by atoms with Crippen molar-refractivity contribution < 1.29 is 4.79 Å². The first-order valence-corrected chi connectivity index (χ1v) is 6.26. The number of nitrogen functional groups attached to an aromatic ring is 1. The Bertz CT molecular complexity index is 471. The number of amides is 1. The molecule has 1 aromatic rings. The molecule has 0 aromatic heterocycles. The molecule has 0 bridgehead atoms. The normalized spacial score (nSPS) is 11.7. The van der Waals surface area contributed by atoms with E-state index in [4.69, 9.17) is 35.4 Å². The summed E-state index contributed by atoms with van der Waals surface area (Å²) in [7, 11) is 0. The summed E-state index contributed by atoms with van der Waals surface area (Å²) in [5, 5.41) is 3.23. The molecule has 0 heterocycles. The van der Waals surface area contributed by atoms with Gasteiger partial charge in [-0.2, -0.15) is 0 Å². The first-order chi connectivity index (χ1) is 8.49. The zero-order valence-electron chi connectivity index (χ0n) is 9.97. The molecular formula is C13H14Cl2N2O. The van der Waals surface area contributed by atoms with Crippen molar-refractivity contribution in [1.82, 2.24) is 5.32 Å². The summed E-state index contributed by atoms with van der Waals surface area (Å²) in [5.74, 6) is 2.21. The molecule has 18 heavy (non-hydrogen) atoms. The number of nitrogens with two attached hydrogens (primary N) is 1. The van der Waals surface area contributed by atoms with Crippen LogP contribution in [0.1, 0.15) is 30.1 Å². The number of rotatable bonds is 4. The Morgan fingerprint density at radius 1 is 1.50 bits per heavy atom. The van der Waals surface area contributed by atoms with E-state index in [2.05, 4.69) is 11.2 Å². The van der Waals surface area contributed by atoms with Gasteiger partial charge < -0.3 is 11.1 Å². The molecule has 1 amide bonds. The largest absolute Gasteiger partial charge is 0.396 e. The van der Waals surface area contributed by atoms with E-state index in [-0.39, 0.29) is 27.7 Å². The van der Waals surface area contributed by atoms with Crippen molar-refractivity contribution in [3.8, 4) is 12.3 Å². The van der Waals surface area contributed by atoms with Gasteiger partial charge in [-0.05, 0) is 18.6 Å². The van der Waals surface area contributed by atoms with Crippen molar-refractivity contribution in [2.45, 2.75) is 25.8 Å². The topological polar surface area (TPSA) is 55.1 Å². The Kier molecular flexibility index (Phi) is 5.33. The van der Waals surface area contributed by atoms with E-state index in [0.29, 0.717) is 5.56 Å². The number of halogens is 2. The highest BCUT2D eigenvalue weighted by molar-refractivity contribution is 6.39. The number of carbonyl (C=O) groups is 1. The van der Waals surface area contributed by atoms with Gasteiger partial charge in [-0.3, -0.25) is 4.79 Å². The number of terminal acetylenes is 1. The number of anilines is 1. The second-order valence-electron chi connectivity index (χ2n) is 3.83. The molecule has 0 spiro atoms. The highest BCUT2D eigenvalue weighted by Crippen LogP contribution is 2.28. The fourth-order valence-corrected chi connectivity index (χ4v) is 1.93. The molecule has 3 nitrogen and oxygen atoms in total. The van der Waals surface area contributed by atoms with Crippen molar-refractivity contribution >= 4 is 34.8 Å². The minimum Gasteiger partial charge on any atom is -0.396 e. The molecule has 1 unspecified atom stereocenters. The molecule has 0 fully saturated rings. The number of nitrogens with one attached hydrogen (secondary N) is 1. The third kappa shape index (κ3) is 3.56. The van der Waals surface area contributed by atoms with Crippen LogP contribution in [-0.2, 0) is 0 Å². The van der Waals surface area contributed by atoms with E-state index < -0.39 is 0 Å². The standard InChI is InChI=1S/C13H14Cl2N2O/c1-3-5-9(4-2)17-13(18)8-6-10(14)12(16)11(15)7-8/h2,6-7,9H,3,5,16H2,1H3,(H,17,18). The molecule has 5 heteroatoms. The minimum absolute atomic E-state index is 0.250. The third-order valence-electron chi connectivity index (χ3n) is 2.43. The molecule has 0 aliphatic carbocycles. The SMILES string of the molecule is C#CC(CCC)NC(=O)c1cc(Cl)c(N)c(Cl)c1. The Hall–Kier alpha value is -1.37. The minimum atomic E-state index is -0.310. The summed E-state index contributed by atoms with van der Waals surface area (Å²) in [4.78, 5) is 11.9. The molecule has 3 N–H and O–H groups in total. The predicted octanol–water partition coefficient (Wildman–Crippen LogP) is 3.11. The first-order valence-electron chi connectivity index (χ1n) is 5.51. The number of hydrogen-bond acceptors (Lipinski definition) is 2. The van der Waals surface area contributed by atoms with Gasteiger partial charge in [0.2, 0.25) is 0 Å². The molecule has 0 saturated heterocycles. The average Bonchev–Trinajstić information content (AvgIpc) is 2.34. The molecule has 1 rings (SSSR count). The Morgan fingerprint density at radius 3 is 2.50 bits per heavy atom. The van der Waals surface area contributed by atoms with Gasteiger partial charge in [0.25, 0.3) is 5.91 Å². The zero-order chi connectivity index (χ0) is 13.7. The summed E-state index contributed by atoms with van der Waals surface area (Å²) in [6.45, 7) is 1.99. The summed E-state index contributed by atoms with van der Waals surface area (Å²) in [6.07, 6.45) is 6.94. The van der Waals surface area contributed by atoms with Crippen LogP contribution in [0.25, 0.3) is 0 Å². The molecule has 0 aliphatic heterocycles. The molecule has 0 radical (unpaired) electrons. The van der Waals surface area contributed by atoms with E-state index in [9.17, 15) is 4.79 Å². The van der Waals surface area contributed by atoms with Crippen LogP contribution in [0.15, 0.2) is 12.1 Å². The Balaban J connectivity index is 2.88. The van der Waals surface area contributed by atoms with E-state index in [0.717, 1.165) is 12.8 Å². The Morgan fingerprint density at radius 2 is 2.06 bits per heavy atom. The van der Waals surface area contributed by atoms with Gasteiger partial charge >= 0.3 is 0 Å². The van der Waals surface area contributed by atoms with E-state index in [1.165, 1.54) is 12.1 Å². The summed E-state index contributed by atoms with van der Waals surface area (Å²) >= 11 is 11.7. The molecule has 0 saturated carbocycles. The van der Waals surface area contributed by atoms with Crippen molar-refractivity contribution in [3.05, 3.63) is 27.7 Å². The van der Waals surface area contributed by atoms with E-state index >= 15 is 0 Å². The Labute approximate surface area is 117 Å². The summed E-state index contributed by atoms with van der Waals surface area (Å²) in [5.41, 5.74) is 6.20. The number of carbonyl (C=O) groups excluding carboxylic acids is 1. The monoisotopic (exact) mass is 284 g/mol. The lowest BCUT2D eigenvalue weighted by molar-refractivity contribution is 0.0944. The second-order valence-corrected chi connectivity index (χ2v) is 4.65. The highest BCUT2D eigenvalue weighted by Gasteiger charge is 2.14. The molecule has 1 aromatic carbocycles. The van der Waals surface area contributed by atoms with E-state index in [1.807, 2.05) is 6.92 Å². The van der Waals surface area contributed by atoms with Crippen LogP contribution in [0.5, 0.6) is 0 Å². The maximum Gasteiger partial charge on any atom is 0.252 e. The lowest BCUT2D eigenvalue weighted by atomic mass is 10.1. The van der Waals surface area contributed by atoms with Gasteiger partial charge in [0.15, 0.2) is 0 Å². The lowest BCUT2D eigenvalue weighted by Gasteiger charge is -2.13. The van der Waals surface area contributed by atoms with Gasteiger partial charge in [-0.25, -0.2) is 0 Å². The highest BCUT2D eigenvalue weighted by atomic mass is 35.5. The molecular weight excluding hydrogens is 271 g/mol. The molecule has 1 atom stereocenters. The van der Waals surface area contributed by atoms with Gasteiger partial charge in [0, 0.05) is 5.56 Å². The van der Waals surface area contributed by atoms with Crippen molar-refractivity contribution in [1.29, 1.82) is 0 Å². The maximum absolute atomic E-state index is 11.9. The van der Waals surface area contributed by atoms with Crippen LogP contribution in [0.2, 0.25) is 10.0 Å². The van der Waals surface area contributed by atoms with Gasteiger partial charge in [0.05, 0.1) is 21.8 Å². The smallest absolute Gasteiger partial charge is 0.252 e. The van der Waals surface area contributed by atoms with Crippen LogP contribution < -0.4 is 11.1 Å². The fraction of sp³-hybridized carbons (Fsp3) is 0.308. The lowest BCUT2D eigenvalue weighted by Crippen LogP contribution is -2.33. The van der Waals surface area contributed by atoms with Gasteiger partial charge in [0.1, 0.15) is 0 Å². The quantitative estimate of drug-likeness (QED) is 0.659. The predicted molar refractivity (Wildman–Crippen MR) is 75.9 cm³/mol. The van der Waals surface area contributed by atoms with Crippen molar-refractivity contribution in [2.24, 2.45) is 0 Å². The van der Waals surface area contributed by atoms with Crippen molar-refractivity contribution in [3.63, 3.8) is 0 Å². The average molecular weight is 285 g/mol. The van der Waals surface area contributed by atoms with Crippen LogP contribution in [0.4, 0.5) is 5.69 Å². The zero-order valence-corrected chi connectivity index (χ0v) is 11.5. The van der Waals surface area contributed by atoms with Crippen LogP contribution in [-0.4, -0.2) is 11.9 Å².